The minimum Gasteiger partial charge on any atom is -0.494 e. The summed E-state index contributed by atoms with van der Waals surface area (Å²) in [5.74, 6) is 0.688. The molecule has 0 saturated carbocycles. The van der Waals surface area contributed by atoms with Gasteiger partial charge in [0.25, 0.3) is 0 Å². The molecule has 0 aliphatic carbocycles. The average molecular weight is 341 g/mol. The summed E-state index contributed by atoms with van der Waals surface area (Å²) >= 11 is 0. The highest BCUT2D eigenvalue weighted by Gasteiger charge is 1.97. The molecule has 0 aliphatic rings. The largest absolute Gasteiger partial charge is 0.494 e. The second kappa shape index (κ2) is 10.2. The van der Waals surface area contributed by atoms with E-state index in [9.17, 15) is 4.79 Å². The van der Waals surface area contributed by atoms with Gasteiger partial charge in [0.2, 0.25) is 5.91 Å². The van der Waals surface area contributed by atoms with E-state index in [-0.39, 0.29) is 12.5 Å². The highest BCUT2D eigenvalue weighted by molar-refractivity contribution is 5.88. The van der Waals surface area contributed by atoms with Crippen LogP contribution in [-0.2, 0) is 4.79 Å². The van der Waals surface area contributed by atoms with Crippen LogP contribution in [0.4, 0.5) is 17.1 Å². The van der Waals surface area contributed by atoms with E-state index in [4.69, 9.17) is 9.84 Å². The van der Waals surface area contributed by atoms with Crippen molar-refractivity contribution in [3.05, 3.63) is 48.5 Å². The van der Waals surface area contributed by atoms with Crippen molar-refractivity contribution >= 4 is 23.0 Å². The van der Waals surface area contributed by atoms with Gasteiger partial charge in [-0.2, -0.15) is 10.2 Å². The molecule has 2 aromatic rings. The Balaban J connectivity index is 1.83. The molecule has 0 aliphatic heterocycles. The Hall–Kier alpha value is -2.73. The highest BCUT2D eigenvalue weighted by atomic mass is 16.5. The molecule has 0 aromatic heterocycles. The number of ether oxygens (including phenoxy) is 1. The minimum absolute atomic E-state index is 0.106. The molecule has 0 fully saturated rings. The van der Waals surface area contributed by atoms with Crippen LogP contribution >= 0.6 is 0 Å². The van der Waals surface area contributed by atoms with Gasteiger partial charge in [-0.3, -0.25) is 4.79 Å². The van der Waals surface area contributed by atoms with Crippen molar-refractivity contribution in [3.8, 4) is 5.75 Å². The van der Waals surface area contributed by atoms with E-state index in [0.29, 0.717) is 12.3 Å². The molecule has 0 saturated heterocycles. The molecule has 0 heterocycles. The number of carbonyl (C=O) groups excluding carboxylic acids is 1. The molecule has 132 valence electrons. The van der Waals surface area contributed by atoms with Gasteiger partial charge in [-0.15, -0.1) is 0 Å². The third-order valence-corrected chi connectivity index (χ3v) is 3.38. The van der Waals surface area contributed by atoms with Gasteiger partial charge in [-0.05, 0) is 67.8 Å². The first kappa shape index (κ1) is 18.6. The zero-order valence-electron chi connectivity index (χ0n) is 14.3. The van der Waals surface area contributed by atoms with Crippen molar-refractivity contribution in [1.82, 2.24) is 0 Å². The van der Waals surface area contributed by atoms with Crippen molar-refractivity contribution in [2.45, 2.75) is 26.2 Å². The zero-order valence-corrected chi connectivity index (χ0v) is 14.3. The summed E-state index contributed by atoms with van der Waals surface area (Å²) in [6, 6.07) is 14.6. The SMILES string of the molecule is CC(=O)Nc1ccc(N=Nc2ccc(OCCCCCO)cc2)cc1. The number of aliphatic hydroxyl groups excluding tert-OH is 1. The van der Waals surface area contributed by atoms with Gasteiger partial charge in [0, 0.05) is 19.2 Å². The van der Waals surface area contributed by atoms with Crippen molar-refractivity contribution in [2.75, 3.05) is 18.5 Å². The number of benzene rings is 2. The second-order valence-electron chi connectivity index (χ2n) is 5.55. The number of amides is 1. The second-order valence-corrected chi connectivity index (χ2v) is 5.55. The number of carbonyl (C=O) groups is 1. The average Bonchev–Trinajstić information content (AvgIpc) is 2.61. The number of anilines is 1. The Bertz CT molecular complexity index is 682. The molecule has 6 nitrogen and oxygen atoms in total. The number of nitrogens with zero attached hydrogens (tertiary/aromatic N) is 2. The first-order valence-electron chi connectivity index (χ1n) is 8.30. The van der Waals surface area contributed by atoms with E-state index in [1.54, 1.807) is 24.3 Å². The monoisotopic (exact) mass is 341 g/mol. The summed E-state index contributed by atoms with van der Waals surface area (Å²) < 4.78 is 5.63. The summed E-state index contributed by atoms with van der Waals surface area (Å²) in [6.07, 6.45) is 2.70. The van der Waals surface area contributed by atoms with E-state index in [2.05, 4.69) is 15.5 Å². The van der Waals surface area contributed by atoms with Crippen LogP contribution in [0.2, 0.25) is 0 Å². The number of hydrogen-bond acceptors (Lipinski definition) is 5. The maximum Gasteiger partial charge on any atom is 0.221 e. The van der Waals surface area contributed by atoms with E-state index < -0.39 is 0 Å². The molecule has 2 aromatic carbocycles. The van der Waals surface area contributed by atoms with E-state index >= 15 is 0 Å². The number of azo groups is 1. The lowest BCUT2D eigenvalue weighted by Gasteiger charge is -2.05. The summed E-state index contributed by atoms with van der Waals surface area (Å²) in [5.41, 5.74) is 2.17. The van der Waals surface area contributed by atoms with Crippen LogP contribution in [0.15, 0.2) is 58.8 Å². The Morgan fingerprint density at radius 1 is 0.960 bits per heavy atom. The molecule has 0 bridgehead atoms. The highest BCUT2D eigenvalue weighted by Crippen LogP contribution is 2.22. The minimum atomic E-state index is -0.106. The van der Waals surface area contributed by atoms with Gasteiger partial charge in [0.15, 0.2) is 0 Å². The molecule has 0 radical (unpaired) electrons. The summed E-state index contributed by atoms with van der Waals surface area (Å²) in [4.78, 5) is 11.0. The van der Waals surface area contributed by atoms with E-state index in [0.717, 1.165) is 36.4 Å². The van der Waals surface area contributed by atoms with Crippen LogP contribution < -0.4 is 10.1 Å². The van der Waals surface area contributed by atoms with Gasteiger partial charge in [-0.25, -0.2) is 0 Å². The van der Waals surface area contributed by atoms with Gasteiger partial charge >= 0.3 is 0 Å². The van der Waals surface area contributed by atoms with Crippen LogP contribution in [0, 0.1) is 0 Å². The first-order valence-corrected chi connectivity index (χ1v) is 8.30. The van der Waals surface area contributed by atoms with Crippen LogP contribution in [-0.4, -0.2) is 24.2 Å². The first-order chi connectivity index (χ1) is 12.2. The number of rotatable bonds is 9. The third-order valence-electron chi connectivity index (χ3n) is 3.38. The van der Waals surface area contributed by atoms with Crippen LogP contribution in [0.1, 0.15) is 26.2 Å². The van der Waals surface area contributed by atoms with Crippen molar-refractivity contribution in [3.63, 3.8) is 0 Å². The van der Waals surface area contributed by atoms with Gasteiger partial charge in [0.1, 0.15) is 5.75 Å². The normalized spacial score (nSPS) is 10.8. The quantitative estimate of drug-likeness (QED) is 0.516. The van der Waals surface area contributed by atoms with Crippen LogP contribution in [0.3, 0.4) is 0 Å². The lowest BCUT2D eigenvalue weighted by molar-refractivity contribution is -0.114. The predicted octanol–water partition coefficient (Wildman–Crippen LogP) is 4.60. The van der Waals surface area contributed by atoms with Gasteiger partial charge < -0.3 is 15.2 Å². The number of hydrogen-bond donors (Lipinski definition) is 2. The molecule has 0 atom stereocenters. The molecule has 6 heteroatoms. The smallest absolute Gasteiger partial charge is 0.221 e. The number of aliphatic hydroxyl groups is 1. The Kier molecular flexibility index (Phi) is 7.59. The zero-order chi connectivity index (χ0) is 17.9. The molecular formula is C19H23N3O3. The maximum atomic E-state index is 11.0. The van der Waals surface area contributed by atoms with Crippen molar-refractivity contribution in [2.24, 2.45) is 10.2 Å². The third kappa shape index (κ3) is 7.14. The Morgan fingerprint density at radius 2 is 1.56 bits per heavy atom. The fourth-order valence-electron chi connectivity index (χ4n) is 2.12. The molecule has 2 rings (SSSR count). The fraction of sp³-hybridized carbons (Fsp3) is 0.316. The summed E-state index contributed by atoms with van der Waals surface area (Å²) in [6.45, 7) is 2.34. The standard InChI is InChI=1S/C19H23N3O3/c1-15(24)20-16-5-7-17(8-6-16)21-22-18-9-11-19(12-10-18)25-14-4-2-3-13-23/h5-12,23H,2-4,13-14H2,1H3,(H,20,24). The summed E-state index contributed by atoms with van der Waals surface area (Å²) in [5, 5.41) is 19.8. The van der Waals surface area contributed by atoms with Crippen LogP contribution in [0.25, 0.3) is 0 Å². The fourth-order valence-corrected chi connectivity index (χ4v) is 2.12. The summed E-state index contributed by atoms with van der Waals surface area (Å²) in [7, 11) is 0. The lowest BCUT2D eigenvalue weighted by atomic mass is 10.2. The molecule has 0 spiro atoms. The Labute approximate surface area is 147 Å². The van der Waals surface area contributed by atoms with Crippen LogP contribution in [0.5, 0.6) is 5.75 Å². The van der Waals surface area contributed by atoms with E-state index in [1.807, 2.05) is 24.3 Å². The predicted molar refractivity (Wildman–Crippen MR) is 97.8 cm³/mol. The van der Waals surface area contributed by atoms with Crippen molar-refractivity contribution < 1.29 is 14.6 Å². The van der Waals surface area contributed by atoms with E-state index in [1.165, 1.54) is 6.92 Å². The van der Waals surface area contributed by atoms with Crippen molar-refractivity contribution in [1.29, 1.82) is 0 Å². The number of unbranched alkanes of at least 4 members (excludes halogenated alkanes) is 2. The van der Waals surface area contributed by atoms with Gasteiger partial charge in [-0.1, -0.05) is 0 Å². The van der Waals surface area contributed by atoms with Gasteiger partial charge in [0.05, 0.1) is 18.0 Å². The lowest BCUT2D eigenvalue weighted by Crippen LogP contribution is -2.04. The maximum absolute atomic E-state index is 11.0. The molecular weight excluding hydrogens is 318 g/mol. The topological polar surface area (TPSA) is 83.3 Å². The Morgan fingerprint density at radius 3 is 2.12 bits per heavy atom. The molecule has 1 amide bonds. The molecule has 25 heavy (non-hydrogen) atoms. The molecule has 2 N–H and O–H groups in total. The number of nitrogens with one attached hydrogen (secondary N) is 1. The molecule has 0 unspecified atom stereocenters.